The van der Waals surface area contributed by atoms with E-state index in [-0.39, 0.29) is 0 Å². The number of benzene rings is 1. The third-order valence-electron chi connectivity index (χ3n) is 2.47. The van der Waals surface area contributed by atoms with Gasteiger partial charge in [-0.2, -0.15) is 0 Å². The van der Waals surface area contributed by atoms with Crippen LogP contribution in [0.5, 0.6) is 0 Å². The minimum Gasteiger partial charge on any atom is -0.443 e. The maximum absolute atomic E-state index is 10.8. The second-order valence-electron chi connectivity index (χ2n) is 3.56. The van der Waals surface area contributed by atoms with E-state index in [0.717, 1.165) is 5.56 Å². The maximum atomic E-state index is 10.8. The summed E-state index contributed by atoms with van der Waals surface area (Å²) in [5.74, 6) is 0. The standard InChI is InChI=1S/C12H16ClNO3/c1-3-10(17-12(14)15)11(16-2)8-6-4-5-7-9(8)13/h4-7,10-11H,3H2,1-2H3,(H2,14,15)/t10-,11-/m1/s1. The fourth-order valence-electron chi connectivity index (χ4n) is 1.69. The van der Waals surface area contributed by atoms with Gasteiger partial charge in [-0.15, -0.1) is 0 Å². The number of carbonyl (C=O) groups excluding carboxylic acids is 1. The lowest BCUT2D eigenvalue weighted by Gasteiger charge is -2.25. The molecule has 0 heterocycles. The van der Waals surface area contributed by atoms with Gasteiger partial charge in [0, 0.05) is 17.7 Å². The monoisotopic (exact) mass is 257 g/mol. The van der Waals surface area contributed by atoms with E-state index >= 15 is 0 Å². The summed E-state index contributed by atoms with van der Waals surface area (Å²) >= 11 is 6.08. The molecule has 1 rings (SSSR count). The van der Waals surface area contributed by atoms with E-state index in [9.17, 15) is 4.79 Å². The number of primary amides is 1. The average molecular weight is 258 g/mol. The largest absolute Gasteiger partial charge is 0.443 e. The van der Waals surface area contributed by atoms with Crippen LogP contribution in [0.25, 0.3) is 0 Å². The summed E-state index contributed by atoms with van der Waals surface area (Å²) in [5, 5.41) is 0.575. The number of carbonyl (C=O) groups is 1. The third-order valence-corrected chi connectivity index (χ3v) is 2.82. The quantitative estimate of drug-likeness (QED) is 0.882. The summed E-state index contributed by atoms with van der Waals surface area (Å²) < 4.78 is 10.4. The van der Waals surface area contributed by atoms with Gasteiger partial charge in [-0.05, 0) is 12.5 Å². The Labute approximate surface area is 106 Å². The zero-order chi connectivity index (χ0) is 12.8. The number of hydrogen-bond donors (Lipinski definition) is 1. The summed E-state index contributed by atoms with van der Waals surface area (Å²) in [4.78, 5) is 10.8. The van der Waals surface area contributed by atoms with E-state index in [4.69, 9.17) is 26.8 Å². The van der Waals surface area contributed by atoms with E-state index in [2.05, 4.69) is 0 Å². The number of halogens is 1. The highest BCUT2D eigenvalue weighted by Crippen LogP contribution is 2.30. The van der Waals surface area contributed by atoms with Crippen molar-refractivity contribution in [2.75, 3.05) is 7.11 Å². The lowest BCUT2D eigenvalue weighted by atomic mass is 10.0. The van der Waals surface area contributed by atoms with E-state index in [0.29, 0.717) is 11.4 Å². The van der Waals surface area contributed by atoms with Gasteiger partial charge in [-0.25, -0.2) is 4.79 Å². The molecule has 0 saturated carbocycles. The van der Waals surface area contributed by atoms with Gasteiger partial charge >= 0.3 is 6.09 Å². The second kappa shape index (κ2) is 6.47. The van der Waals surface area contributed by atoms with Crippen molar-refractivity contribution in [3.8, 4) is 0 Å². The summed E-state index contributed by atoms with van der Waals surface area (Å²) in [6.07, 6.45) is -1.09. The van der Waals surface area contributed by atoms with E-state index in [1.807, 2.05) is 25.1 Å². The van der Waals surface area contributed by atoms with Crippen LogP contribution in [-0.2, 0) is 9.47 Å². The van der Waals surface area contributed by atoms with Crippen molar-refractivity contribution in [2.24, 2.45) is 5.73 Å². The lowest BCUT2D eigenvalue weighted by Crippen LogP contribution is -2.29. The molecular weight excluding hydrogens is 242 g/mol. The predicted octanol–water partition coefficient (Wildman–Crippen LogP) is 2.90. The highest BCUT2D eigenvalue weighted by Gasteiger charge is 2.26. The van der Waals surface area contributed by atoms with Crippen LogP contribution in [0.3, 0.4) is 0 Å². The van der Waals surface area contributed by atoms with Crippen LogP contribution >= 0.6 is 11.6 Å². The van der Waals surface area contributed by atoms with Crippen LogP contribution in [0, 0.1) is 0 Å². The Balaban J connectivity index is 2.97. The van der Waals surface area contributed by atoms with Gasteiger partial charge in [-0.3, -0.25) is 0 Å². The van der Waals surface area contributed by atoms with Gasteiger partial charge in [0.25, 0.3) is 0 Å². The SMILES string of the molecule is CC[C@@H](OC(N)=O)[C@H](OC)c1ccccc1Cl. The van der Waals surface area contributed by atoms with Crippen molar-refractivity contribution >= 4 is 17.7 Å². The Hall–Kier alpha value is -1.26. The van der Waals surface area contributed by atoms with Crippen LogP contribution in [-0.4, -0.2) is 19.3 Å². The summed E-state index contributed by atoms with van der Waals surface area (Å²) in [5.41, 5.74) is 5.81. The van der Waals surface area contributed by atoms with Crippen LogP contribution in [0.2, 0.25) is 5.02 Å². The normalized spacial score (nSPS) is 14.1. The summed E-state index contributed by atoms with van der Waals surface area (Å²) in [7, 11) is 1.54. The molecule has 0 aliphatic heterocycles. The Bertz CT molecular complexity index is 384. The highest BCUT2D eigenvalue weighted by atomic mass is 35.5. The minimum atomic E-state index is -0.814. The van der Waals surface area contributed by atoms with Crippen molar-refractivity contribution in [3.63, 3.8) is 0 Å². The molecule has 0 radical (unpaired) electrons. The van der Waals surface area contributed by atoms with Gasteiger partial charge in [0.2, 0.25) is 0 Å². The van der Waals surface area contributed by atoms with Crippen molar-refractivity contribution in [2.45, 2.75) is 25.6 Å². The third kappa shape index (κ3) is 3.61. The van der Waals surface area contributed by atoms with Crippen molar-refractivity contribution in [1.29, 1.82) is 0 Å². The molecule has 4 nitrogen and oxygen atoms in total. The molecule has 5 heteroatoms. The van der Waals surface area contributed by atoms with Crippen molar-refractivity contribution in [1.82, 2.24) is 0 Å². The number of hydrogen-bond acceptors (Lipinski definition) is 3. The maximum Gasteiger partial charge on any atom is 0.404 e. The molecule has 2 N–H and O–H groups in total. The van der Waals surface area contributed by atoms with Crippen LogP contribution < -0.4 is 5.73 Å². The van der Waals surface area contributed by atoms with Gasteiger partial charge < -0.3 is 15.2 Å². The first-order chi connectivity index (χ1) is 8.10. The molecular formula is C12H16ClNO3. The number of methoxy groups -OCH3 is 1. The van der Waals surface area contributed by atoms with Crippen LogP contribution in [0.15, 0.2) is 24.3 Å². The Kier molecular flexibility index (Phi) is 5.25. The molecule has 0 aromatic heterocycles. The zero-order valence-electron chi connectivity index (χ0n) is 9.85. The van der Waals surface area contributed by atoms with Gasteiger partial charge in [0.1, 0.15) is 12.2 Å². The number of rotatable bonds is 5. The van der Waals surface area contributed by atoms with E-state index in [1.54, 1.807) is 13.2 Å². The van der Waals surface area contributed by atoms with E-state index < -0.39 is 18.3 Å². The van der Waals surface area contributed by atoms with Crippen molar-refractivity contribution < 1.29 is 14.3 Å². The molecule has 0 unspecified atom stereocenters. The fourth-order valence-corrected chi connectivity index (χ4v) is 1.94. The molecule has 2 atom stereocenters. The number of ether oxygens (including phenoxy) is 2. The fraction of sp³-hybridized carbons (Fsp3) is 0.417. The number of nitrogens with two attached hydrogens (primary N) is 1. The molecule has 17 heavy (non-hydrogen) atoms. The molecule has 94 valence electrons. The van der Waals surface area contributed by atoms with Crippen LogP contribution in [0.4, 0.5) is 4.79 Å². The average Bonchev–Trinajstić information content (AvgIpc) is 2.30. The Morgan fingerprint density at radius 2 is 2.12 bits per heavy atom. The zero-order valence-corrected chi connectivity index (χ0v) is 10.6. The number of amides is 1. The summed E-state index contributed by atoms with van der Waals surface area (Å²) in [6, 6.07) is 7.28. The molecule has 0 spiro atoms. The molecule has 0 saturated heterocycles. The van der Waals surface area contributed by atoms with Gasteiger partial charge in [0.15, 0.2) is 0 Å². The molecule has 0 aliphatic rings. The molecule has 0 fully saturated rings. The smallest absolute Gasteiger partial charge is 0.404 e. The minimum absolute atomic E-state index is 0.416. The first kappa shape index (κ1) is 13.8. The summed E-state index contributed by atoms with van der Waals surface area (Å²) in [6.45, 7) is 1.89. The molecule has 0 bridgehead atoms. The molecule has 1 amide bonds. The first-order valence-corrected chi connectivity index (χ1v) is 5.71. The second-order valence-corrected chi connectivity index (χ2v) is 3.97. The van der Waals surface area contributed by atoms with E-state index in [1.165, 1.54) is 0 Å². The topological polar surface area (TPSA) is 61.5 Å². The van der Waals surface area contributed by atoms with Gasteiger partial charge in [-0.1, -0.05) is 36.7 Å². The Morgan fingerprint density at radius 1 is 1.47 bits per heavy atom. The van der Waals surface area contributed by atoms with Gasteiger partial charge in [0.05, 0.1) is 0 Å². The Morgan fingerprint density at radius 3 is 2.59 bits per heavy atom. The van der Waals surface area contributed by atoms with Crippen molar-refractivity contribution in [3.05, 3.63) is 34.9 Å². The lowest BCUT2D eigenvalue weighted by molar-refractivity contribution is -0.0226. The first-order valence-electron chi connectivity index (χ1n) is 5.33. The predicted molar refractivity (Wildman–Crippen MR) is 65.9 cm³/mol. The molecule has 1 aromatic carbocycles. The van der Waals surface area contributed by atoms with Crippen LogP contribution in [0.1, 0.15) is 25.0 Å². The molecule has 1 aromatic rings. The molecule has 0 aliphatic carbocycles. The highest BCUT2D eigenvalue weighted by molar-refractivity contribution is 6.31.